The van der Waals surface area contributed by atoms with Crippen LogP contribution in [0.2, 0.25) is 0 Å². The Bertz CT molecular complexity index is 542. The van der Waals surface area contributed by atoms with Crippen molar-refractivity contribution in [3.63, 3.8) is 0 Å². The first kappa shape index (κ1) is 15.5. The number of anilines is 1. The maximum atomic E-state index is 12.0. The first-order valence-corrected chi connectivity index (χ1v) is 7.97. The zero-order valence-electron chi connectivity index (χ0n) is 12.1. The van der Waals surface area contributed by atoms with Gasteiger partial charge in [-0.2, -0.15) is 5.26 Å². The summed E-state index contributed by atoms with van der Waals surface area (Å²) in [5.74, 6) is 0.422. The van der Waals surface area contributed by atoms with E-state index in [9.17, 15) is 4.79 Å². The normalized spacial score (nSPS) is 21.7. The van der Waals surface area contributed by atoms with Crippen LogP contribution < -0.4 is 10.6 Å². The van der Waals surface area contributed by atoms with Gasteiger partial charge in [0.25, 0.3) is 0 Å². The average molecular weight is 304 g/mol. The molecule has 1 aromatic rings. The van der Waals surface area contributed by atoms with E-state index in [-0.39, 0.29) is 17.9 Å². The third-order valence-corrected chi connectivity index (χ3v) is 4.97. The predicted octanol–water partition coefficient (Wildman–Crippen LogP) is 3.00. The zero-order valence-corrected chi connectivity index (χ0v) is 12.9. The molecule has 5 nitrogen and oxygen atoms in total. The maximum absolute atomic E-state index is 12.0. The summed E-state index contributed by atoms with van der Waals surface area (Å²) in [6.07, 6.45) is 9.13. The average Bonchev–Trinajstić information content (AvgIpc) is 2.88. The lowest BCUT2D eigenvalue weighted by Gasteiger charge is -2.32. The predicted molar refractivity (Wildman–Crippen MR) is 83.9 cm³/mol. The number of nitrogens with one attached hydrogen (secondary N) is 2. The van der Waals surface area contributed by atoms with Crippen LogP contribution in [0.5, 0.6) is 0 Å². The summed E-state index contributed by atoms with van der Waals surface area (Å²) in [5, 5.41) is 14.7. The quantitative estimate of drug-likeness (QED) is 0.461. The Balaban J connectivity index is 1.81. The van der Waals surface area contributed by atoms with Gasteiger partial charge in [-0.1, -0.05) is 13.0 Å². The smallest absolute Gasteiger partial charge is 0.229 e. The van der Waals surface area contributed by atoms with Gasteiger partial charge in [-0.05, 0) is 31.6 Å². The molecule has 1 heterocycles. The number of amides is 1. The van der Waals surface area contributed by atoms with E-state index in [0.717, 1.165) is 12.8 Å². The van der Waals surface area contributed by atoms with E-state index in [1.165, 1.54) is 16.2 Å². The van der Waals surface area contributed by atoms with Crippen LogP contribution in [0.4, 0.5) is 5.13 Å². The monoisotopic (exact) mass is 304 g/mol. The minimum Gasteiger partial charge on any atom is -0.321 e. The molecule has 2 rings (SSSR count). The van der Waals surface area contributed by atoms with Crippen LogP contribution in [-0.4, -0.2) is 16.9 Å². The maximum Gasteiger partial charge on any atom is 0.229 e. The second-order valence-electron chi connectivity index (χ2n) is 5.45. The molecule has 2 N–H and O–H groups in total. The SMILES string of the molecule is C=CCC[C@H](C)c1cnc(NC(=O)C2CC(NC#N)C2)s1. The Morgan fingerprint density at radius 1 is 1.71 bits per heavy atom. The summed E-state index contributed by atoms with van der Waals surface area (Å²) < 4.78 is 0. The number of carbonyl (C=O) groups excluding carboxylic acids is 1. The van der Waals surface area contributed by atoms with Crippen molar-refractivity contribution in [3.05, 3.63) is 23.7 Å². The Kier molecular flexibility index (Phi) is 5.34. The number of hydrogen-bond acceptors (Lipinski definition) is 5. The molecule has 0 aliphatic heterocycles. The number of nitriles is 1. The van der Waals surface area contributed by atoms with Crippen LogP contribution in [-0.2, 0) is 4.79 Å². The van der Waals surface area contributed by atoms with E-state index in [0.29, 0.717) is 23.9 Å². The summed E-state index contributed by atoms with van der Waals surface area (Å²) in [5.41, 5.74) is 0. The highest BCUT2D eigenvalue weighted by Crippen LogP contribution is 2.31. The molecule has 1 aliphatic rings. The summed E-state index contributed by atoms with van der Waals surface area (Å²) in [6.45, 7) is 5.89. The molecule has 1 fully saturated rings. The Labute approximate surface area is 129 Å². The van der Waals surface area contributed by atoms with Crippen LogP contribution >= 0.6 is 11.3 Å². The van der Waals surface area contributed by atoms with Gasteiger partial charge in [-0.25, -0.2) is 4.98 Å². The highest BCUT2D eigenvalue weighted by molar-refractivity contribution is 7.15. The molecule has 0 radical (unpaired) electrons. The number of allylic oxidation sites excluding steroid dienone is 1. The third kappa shape index (κ3) is 4.05. The van der Waals surface area contributed by atoms with Crippen molar-refractivity contribution in [2.45, 2.75) is 44.6 Å². The van der Waals surface area contributed by atoms with Gasteiger partial charge in [-0.15, -0.1) is 17.9 Å². The van der Waals surface area contributed by atoms with E-state index in [1.54, 1.807) is 0 Å². The van der Waals surface area contributed by atoms with Crippen LogP contribution in [0, 0.1) is 17.4 Å². The van der Waals surface area contributed by atoms with Crippen molar-refractivity contribution in [1.29, 1.82) is 5.26 Å². The number of carbonyl (C=O) groups is 1. The van der Waals surface area contributed by atoms with Gasteiger partial charge in [0.05, 0.1) is 0 Å². The molecule has 1 saturated carbocycles. The fraction of sp³-hybridized carbons (Fsp3) is 0.533. The van der Waals surface area contributed by atoms with Crippen LogP contribution in [0.1, 0.15) is 43.4 Å². The van der Waals surface area contributed by atoms with Crippen LogP contribution in [0.25, 0.3) is 0 Å². The molecule has 21 heavy (non-hydrogen) atoms. The number of rotatable bonds is 7. The lowest BCUT2D eigenvalue weighted by molar-refractivity contribution is -0.122. The highest BCUT2D eigenvalue weighted by Gasteiger charge is 2.34. The van der Waals surface area contributed by atoms with E-state index >= 15 is 0 Å². The van der Waals surface area contributed by atoms with Gasteiger partial charge >= 0.3 is 0 Å². The van der Waals surface area contributed by atoms with Crippen molar-refractivity contribution in [1.82, 2.24) is 10.3 Å². The minimum atomic E-state index is -0.0126. The largest absolute Gasteiger partial charge is 0.321 e. The third-order valence-electron chi connectivity index (χ3n) is 3.82. The van der Waals surface area contributed by atoms with Gasteiger partial charge in [0.1, 0.15) is 0 Å². The summed E-state index contributed by atoms with van der Waals surface area (Å²) in [6, 6.07) is 0.150. The van der Waals surface area contributed by atoms with E-state index in [2.05, 4.69) is 29.1 Å². The molecular weight excluding hydrogens is 284 g/mol. The molecule has 0 bridgehead atoms. The van der Waals surface area contributed by atoms with Crippen molar-refractivity contribution in [3.8, 4) is 6.19 Å². The van der Waals surface area contributed by atoms with E-state index in [4.69, 9.17) is 5.26 Å². The second-order valence-corrected chi connectivity index (χ2v) is 6.51. The molecule has 1 aromatic heterocycles. The number of hydrogen-bond donors (Lipinski definition) is 2. The summed E-state index contributed by atoms with van der Waals surface area (Å²) >= 11 is 1.54. The zero-order chi connectivity index (χ0) is 15.2. The summed E-state index contributed by atoms with van der Waals surface area (Å²) in [4.78, 5) is 17.5. The Morgan fingerprint density at radius 2 is 2.48 bits per heavy atom. The number of nitrogens with zero attached hydrogens (tertiary/aromatic N) is 2. The lowest BCUT2D eigenvalue weighted by Crippen LogP contribution is -2.44. The lowest BCUT2D eigenvalue weighted by atomic mass is 9.80. The van der Waals surface area contributed by atoms with Gasteiger partial charge in [-0.3, -0.25) is 4.79 Å². The molecule has 0 spiro atoms. The molecule has 0 saturated heterocycles. The topological polar surface area (TPSA) is 77.8 Å². The molecule has 0 aromatic carbocycles. The number of thiazole rings is 1. The molecule has 112 valence electrons. The van der Waals surface area contributed by atoms with Gasteiger partial charge in [0.2, 0.25) is 5.91 Å². The minimum absolute atomic E-state index is 0.00522. The van der Waals surface area contributed by atoms with Crippen molar-refractivity contribution >= 4 is 22.4 Å². The molecule has 0 unspecified atom stereocenters. The molecular formula is C15H20N4OS. The highest BCUT2D eigenvalue weighted by atomic mass is 32.1. The molecule has 6 heteroatoms. The van der Waals surface area contributed by atoms with Gasteiger partial charge < -0.3 is 10.6 Å². The van der Waals surface area contributed by atoms with Crippen molar-refractivity contribution < 1.29 is 4.79 Å². The van der Waals surface area contributed by atoms with Gasteiger partial charge in [0.15, 0.2) is 11.3 Å². The number of aromatic nitrogens is 1. The van der Waals surface area contributed by atoms with Crippen LogP contribution in [0.15, 0.2) is 18.9 Å². The van der Waals surface area contributed by atoms with E-state index in [1.807, 2.05) is 18.5 Å². The standard InChI is InChI=1S/C15H20N4OS/c1-3-4-5-10(2)13-8-17-15(21-13)19-14(20)11-6-12(7-11)18-9-16/h3,8,10-12,18H,1,4-7H2,2H3,(H,17,19,20)/t10-,11?,12?/m0/s1. The molecule has 1 amide bonds. The van der Waals surface area contributed by atoms with Gasteiger partial charge in [0, 0.05) is 23.0 Å². The Hall–Kier alpha value is -1.87. The van der Waals surface area contributed by atoms with Crippen LogP contribution in [0.3, 0.4) is 0 Å². The fourth-order valence-corrected chi connectivity index (χ4v) is 3.24. The van der Waals surface area contributed by atoms with E-state index < -0.39 is 0 Å². The molecule has 1 aliphatic carbocycles. The molecule has 1 atom stereocenters. The second kappa shape index (κ2) is 7.23. The first-order valence-electron chi connectivity index (χ1n) is 7.16. The summed E-state index contributed by atoms with van der Waals surface area (Å²) in [7, 11) is 0. The van der Waals surface area contributed by atoms with Crippen molar-refractivity contribution in [2.75, 3.05) is 5.32 Å². The first-order chi connectivity index (χ1) is 10.1. The Morgan fingerprint density at radius 3 is 3.14 bits per heavy atom. The van der Waals surface area contributed by atoms with Crippen molar-refractivity contribution in [2.24, 2.45) is 5.92 Å². The fourth-order valence-electron chi connectivity index (χ4n) is 2.33.